The molecule has 25 heavy (non-hydrogen) atoms. The van der Waals surface area contributed by atoms with Gasteiger partial charge in [0.15, 0.2) is 5.65 Å². The standard InChI is InChI=1S/C18H20N6O/c1-5-13-19-10(3)9-23(13)15-8-7-12-17(22-15)24-14(6-2)20-11(4)16(24)18(25)21-12/h7-9H,5-6H2,1-4H3,(H,21,25). The average Bonchev–Trinajstić information content (AvgIpc) is 3.15. The van der Waals surface area contributed by atoms with E-state index < -0.39 is 0 Å². The zero-order valence-corrected chi connectivity index (χ0v) is 14.8. The lowest BCUT2D eigenvalue weighted by molar-refractivity contribution is 0.864. The predicted octanol–water partition coefficient (Wildman–Crippen LogP) is 2.50. The Balaban J connectivity index is 2.10. The van der Waals surface area contributed by atoms with Gasteiger partial charge in [0.2, 0.25) is 0 Å². The second-order valence-electron chi connectivity index (χ2n) is 6.17. The summed E-state index contributed by atoms with van der Waals surface area (Å²) in [5.74, 6) is 2.58. The zero-order chi connectivity index (χ0) is 17.7. The van der Waals surface area contributed by atoms with Crippen molar-refractivity contribution in [1.82, 2.24) is 28.9 Å². The maximum absolute atomic E-state index is 12.4. The number of rotatable bonds is 3. The van der Waals surface area contributed by atoms with Crippen LogP contribution in [0.2, 0.25) is 0 Å². The molecule has 0 aliphatic rings. The van der Waals surface area contributed by atoms with Gasteiger partial charge < -0.3 is 4.98 Å². The maximum atomic E-state index is 12.4. The molecule has 0 saturated carbocycles. The molecule has 0 aliphatic heterocycles. The number of aromatic amines is 1. The maximum Gasteiger partial charge on any atom is 0.274 e. The minimum atomic E-state index is -0.139. The molecule has 4 aromatic rings. The van der Waals surface area contributed by atoms with E-state index in [1.54, 1.807) is 0 Å². The molecule has 4 aromatic heterocycles. The van der Waals surface area contributed by atoms with E-state index in [-0.39, 0.29) is 5.56 Å². The Kier molecular flexibility index (Phi) is 3.45. The molecule has 128 valence electrons. The van der Waals surface area contributed by atoms with E-state index in [0.717, 1.165) is 41.7 Å². The van der Waals surface area contributed by atoms with E-state index in [1.807, 2.05) is 48.1 Å². The van der Waals surface area contributed by atoms with Crippen LogP contribution in [0.3, 0.4) is 0 Å². The summed E-state index contributed by atoms with van der Waals surface area (Å²) < 4.78 is 3.88. The van der Waals surface area contributed by atoms with E-state index in [1.165, 1.54) is 0 Å². The van der Waals surface area contributed by atoms with Crippen molar-refractivity contribution in [3.8, 4) is 5.82 Å². The van der Waals surface area contributed by atoms with E-state index >= 15 is 0 Å². The highest BCUT2D eigenvalue weighted by Gasteiger charge is 2.16. The normalized spacial score (nSPS) is 11.7. The van der Waals surface area contributed by atoms with Crippen LogP contribution in [0.15, 0.2) is 23.1 Å². The molecule has 0 bridgehead atoms. The lowest BCUT2D eigenvalue weighted by Gasteiger charge is -2.09. The minimum absolute atomic E-state index is 0.139. The second kappa shape index (κ2) is 5.54. The molecule has 7 heteroatoms. The molecule has 4 rings (SSSR count). The monoisotopic (exact) mass is 336 g/mol. The molecule has 0 aliphatic carbocycles. The fourth-order valence-corrected chi connectivity index (χ4v) is 3.34. The Labute approximate surface area is 144 Å². The average molecular weight is 336 g/mol. The van der Waals surface area contributed by atoms with Gasteiger partial charge in [-0.3, -0.25) is 13.8 Å². The van der Waals surface area contributed by atoms with Crippen LogP contribution in [0.4, 0.5) is 0 Å². The summed E-state index contributed by atoms with van der Waals surface area (Å²) in [5, 5.41) is 0. The minimum Gasteiger partial charge on any atom is -0.317 e. The summed E-state index contributed by atoms with van der Waals surface area (Å²) in [7, 11) is 0. The van der Waals surface area contributed by atoms with Crippen LogP contribution in [0.25, 0.3) is 22.5 Å². The van der Waals surface area contributed by atoms with Gasteiger partial charge in [0.05, 0.1) is 16.9 Å². The van der Waals surface area contributed by atoms with Crippen LogP contribution < -0.4 is 5.56 Å². The number of hydrogen-bond donors (Lipinski definition) is 1. The van der Waals surface area contributed by atoms with Gasteiger partial charge in [-0.1, -0.05) is 13.8 Å². The molecule has 1 N–H and O–H groups in total. The first kappa shape index (κ1) is 15.6. The molecular weight excluding hydrogens is 316 g/mol. The third-order valence-corrected chi connectivity index (χ3v) is 4.44. The van der Waals surface area contributed by atoms with Crippen LogP contribution in [-0.2, 0) is 12.8 Å². The smallest absolute Gasteiger partial charge is 0.274 e. The van der Waals surface area contributed by atoms with Crippen LogP contribution in [0.5, 0.6) is 0 Å². The fourth-order valence-electron chi connectivity index (χ4n) is 3.34. The summed E-state index contributed by atoms with van der Waals surface area (Å²) in [5.41, 5.74) is 3.50. The van der Waals surface area contributed by atoms with Crippen molar-refractivity contribution < 1.29 is 0 Å². The number of imidazole rings is 2. The first-order valence-electron chi connectivity index (χ1n) is 8.49. The van der Waals surface area contributed by atoms with E-state index in [4.69, 9.17) is 4.98 Å². The topological polar surface area (TPSA) is 80.9 Å². The summed E-state index contributed by atoms with van der Waals surface area (Å²) in [4.78, 5) is 29.3. The molecule has 0 amide bonds. The highest BCUT2D eigenvalue weighted by Crippen LogP contribution is 2.19. The summed E-state index contributed by atoms with van der Waals surface area (Å²) >= 11 is 0. The number of nitrogens with one attached hydrogen (secondary N) is 1. The predicted molar refractivity (Wildman–Crippen MR) is 96.5 cm³/mol. The fraction of sp³-hybridized carbons (Fsp3) is 0.333. The van der Waals surface area contributed by atoms with Crippen LogP contribution in [-0.4, -0.2) is 28.9 Å². The summed E-state index contributed by atoms with van der Waals surface area (Å²) in [6.45, 7) is 7.93. The van der Waals surface area contributed by atoms with Crippen molar-refractivity contribution in [1.29, 1.82) is 0 Å². The van der Waals surface area contributed by atoms with Gasteiger partial charge >= 0.3 is 0 Å². The van der Waals surface area contributed by atoms with Gasteiger partial charge in [-0.25, -0.2) is 15.0 Å². The van der Waals surface area contributed by atoms with Crippen molar-refractivity contribution in [3.63, 3.8) is 0 Å². The molecule has 0 spiro atoms. The zero-order valence-electron chi connectivity index (χ0n) is 14.8. The molecule has 0 unspecified atom stereocenters. The van der Waals surface area contributed by atoms with Gasteiger partial charge in [0, 0.05) is 19.0 Å². The number of aryl methyl sites for hydroxylation is 4. The largest absolute Gasteiger partial charge is 0.317 e. The molecule has 0 aromatic carbocycles. The molecule has 0 saturated heterocycles. The molecule has 0 fully saturated rings. The Morgan fingerprint density at radius 3 is 2.52 bits per heavy atom. The highest BCUT2D eigenvalue weighted by atomic mass is 16.1. The summed E-state index contributed by atoms with van der Waals surface area (Å²) in [6, 6.07) is 3.79. The van der Waals surface area contributed by atoms with E-state index in [9.17, 15) is 4.79 Å². The molecule has 4 heterocycles. The van der Waals surface area contributed by atoms with Crippen LogP contribution in [0.1, 0.15) is 36.9 Å². The van der Waals surface area contributed by atoms with Crippen molar-refractivity contribution in [3.05, 3.63) is 51.7 Å². The van der Waals surface area contributed by atoms with Gasteiger partial charge in [-0.05, 0) is 26.0 Å². The Morgan fingerprint density at radius 2 is 1.80 bits per heavy atom. The Morgan fingerprint density at radius 1 is 1.04 bits per heavy atom. The van der Waals surface area contributed by atoms with Crippen molar-refractivity contribution in [2.24, 2.45) is 0 Å². The second-order valence-corrected chi connectivity index (χ2v) is 6.17. The van der Waals surface area contributed by atoms with Gasteiger partial charge in [0.25, 0.3) is 5.56 Å². The van der Waals surface area contributed by atoms with Gasteiger partial charge in [-0.15, -0.1) is 0 Å². The van der Waals surface area contributed by atoms with Crippen LogP contribution >= 0.6 is 0 Å². The van der Waals surface area contributed by atoms with Crippen LogP contribution in [0, 0.1) is 13.8 Å². The Bertz CT molecular complexity index is 1160. The number of fused-ring (bicyclic) bond motifs is 3. The molecule has 0 radical (unpaired) electrons. The SMILES string of the molecule is CCc1nc(C)cn1-c1ccc2[nH]c(=O)c3c(C)nc(CC)n3c2n1. The van der Waals surface area contributed by atoms with Crippen molar-refractivity contribution in [2.75, 3.05) is 0 Å². The first-order valence-corrected chi connectivity index (χ1v) is 8.49. The first-order chi connectivity index (χ1) is 12.0. The van der Waals surface area contributed by atoms with Crippen molar-refractivity contribution in [2.45, 2.75) is 40.5 Å². The lowest BCUT2D eigenvalue weighted by Crippen LogP contribution is -2.13. The summed E-state index contributed by atoms with van der Waals surface area (Å²) in [6.07, 6.45) is 3.53. The lowest BCUT2D eigenvalue weighted by atomic mass is 10.3. The number of aromatic nitrogens is 6. The van der Waals surface area contributed by atoms with E-state index in [2.05, 4.69) is 21.9 Å². The third-order valence-electron chi connectivity index (χ3n) is 4.44. The number of nitrogens with zero attached hydrogens (tertiary/aromatic N) is 5. The number of hydrogen-bond acceptors (Lipinski definition) is 4. The molecule has 7 nitrogen and oxygen atoms in total. The van der Waals surface area contributed by atoms with Crippen molar-refractivity contribution >= 4 is 16.7 Å². The third kappa shape index (κ3) is 2.26. The van der Waals surface area contributed by atoms with Gasteiger partial charge in [-0.2, -0.15) is 0 Å². The molecular formula is C18H20N6O. The quantitative estimate of drug-likeness (QED) is 0.623. The van der Waals surface area contributed by atoms with E-state index in [0.29, 0.717) is 16.7 Å². The van der Waals surface area contributed by atoms with Gasteiger partial charge in [0.1, 0.15) is 23.0 Å². The number of H-pyrrole nitrogens is 1. The Hall–Kier alpha value is -2.96. The number of pyridine rings is 1. The highest BCUT2D eigenvalue weighted by molar-refractivity contribution is 5.76. The molecule has 0 atom stereocenters.